The lowest BCUT2D eigenvalue weighted by Crippen LogP contribution is -2.57. The third kappa shape index (κ3) is 11.7. The summed E-state index contributed by atoms with van der Waals surface area (Å²) in [5.74, 6) is 18.0. The van der Waals surface area contributed by atoms with Crippen LogP contribution in [0, 0.1) is 93.7 Å². The Kier molecular flexibility index (Phi) is 17.9. The highest BCUT2D eigenvalue weighted by Crippen LogP contribution is 2.70. The van der Waals surface area contributed by atoms with Gasteiger partial charge >= 0.3 is 0 Å². The van der Waals surface area contributed by atoms with E-state index in [0.717, 1.165) is 84.2 Å². The summed E-state index contributed by atoms with van der Waals surface area (Å²) in [6, 6.07) is 25.7. The van der Waals surface area contributed by atoms with Crippen molar-refractivity contribution in [2.75, 3.05) is 24.7 Å². The fourth-order valence-corrected chi connectivity index (χ4v) is 27.7. The summed E-state index contributed by atoms with van der Waals surface area (Å²) in [7, 11) is 7.16. The number of carbonyl (C=O) groups excluding carboxylic acids is 2. The number of hydrogen-bond acceptors (Lipinski definition) is 14. The number of aromatic hydroxyl groups is 2. The predicted octanol–water partition coefficient (Wildman–Crippen LogP) is 14.4. The minimum atomic E-state index is -1.20. The number of allylic oxidation sites excluding steroid dienone is 3. The Balaban J connectivity index is 0.827. The number of phenols is 2. The number of aliphatic hydroxyl groups is 3. The lowest BCUT2D eigenvalue weighted by Gasteiger charge is -2.57. The second-order valence-electron chi connectivity index (χ2n) is 31.0. The third-order valence-electron chi connectivity index (χ3n) is 26.3. The van der Waals surface area contributed by atoms with Crippen molar-refractivity contribution in [1.82, 2.24) is 4.98 Å². The SMILES string of the molecule is NC(N)c1cc2c3cc1CSSC[C@H]1C[C@@]4(/C=C/C(=O)CCc5ccc(O)c(c5)OCCc5ccc(O)c(c5)[C@@H]3CC(=O)c3cc[nH]c3CC#C2)C[C@]1(O)[C@@H]1C=C2CC#C[C@H]3C[C@H]5CC[C@@H]6[C@H](Cc7ccccc7[C@@H](CO)[C@@H]6CSS1)[C@H](C[C@@H]24)C[C@@]5(O)[C@@H]1CCC2(CCCC2)[C@H]13. The number of hydrogen-bond donors (Lipinski definition) is 8. The molecule has 2 spiro atoms. The number of aromatic amines is 1. The molecule has 10 aliphatic carbocycles. The van der Waals surface area contributed by atoms with Gasteiger partial charge in [-0.2, -0.15) is 0 Å². The number of ether oxygens (including phenoxy) is 1. The number of aryl methyl sites for hydroxylation is 1. The summed E-state index contributed by atoms with van der Waals surface area (Å²) >= 11 is 0. The highest BCUT2D eigenvalue weighted by molar-refractivity contribution is 8.77. The van der Waals surface area contributed by atoms with E-state index in [-0.39, 0.29) is 113 Å². The molecule has 11 nitrogen and oxygen atoms in total. The molecule has 19 bridgehead atoms. The van der Waals surface area contributed by atoms with Crippen molar-refractivity contribution in [3.8, 4) is 40.9 Å². The zero-order valence-corrected chi connectivity index (χ0v) is 58.1. The van der Waals surface area contributed by atoms with Crippen LogP contribution in [0.1, 0.15) is 187 Å². The van der Waals surface area contributed by atoms with Crippen molar-refractivity contribution in [2.24, 2.45) is 81.5 Å². The topological polar surface area (TPSA) is 212 Å². The Bertz CT molecular complexity index is 4060. The second-order valence-corrected chi connectivity index (χ2v) is 36.0. The number of H-pyrrole nitrogens is 1. The average Bonchev–Trinajstić information content (AvgIpc) is 1.49. The molecule has 96 heavy (non-hydrogen) atoms. The van der Waals surface area contributed by atoms with E-state index in [9.17, 15) is 35.1 Å². The zero-order chi connectivity index (χ0) is 65.7. The maximum Gasteiger partial charge on any atom is 0.165 e. The molecule has 12 aliphatic rings. The summed E-state index contributed by atoms with van der Waals surface area (Å²) in [6.45, 7) is 0.277. The molecule has 17 rings (SSSR count). The lowest BCUT2D eigenvalue weighted by atomic mass is 9.50. The van der Waals surface area contributed by atoms with E-state index < -0.39 is 28.7 Å². The van der Waals surface area contributed by atoms with E-state index in [0.29, 0.717) is 84.3 Å². The van der Waals surface area contributed by atoms with Crippen LogP contribution in [-0.4, -0.2) is 83.3 Å². The van der Waals surface area contributed by atoms with Gasteiger partial charge in [-0.25, -0.2) is 0 Å². The molecule has 5 fully saturated rings. The van der Waals surface area contributed by atoms with Crippen molar-refractivity contribution in [3.63, 3.8) is 0 Å². The molecule has 0 unspecified atom stereocenters. The predicted molar refractivity (Wildman–Crippen MR) is 385 cm³/mol. The molecule has 16 atom stereocenters. The maximum atomic E-state index is 14.9. The first-order valence-electron chi connectivity index (χ1n) is 35.8. The van der Waals surface area contributed by atoms with Crippen LogP contribution in [-0.2, 0) is 36.2 Å². The van der Waals surface area contributed by atoms with Crippen LogP contribution in [0.4, 0.5) is 0 Å². The molecule has 1 aromatic heterocycles. The van der Waals surface area contributed by atoms with Gasteiger partial charge in [0.1, 0.15) is 5.75 Å². The number of carbonyl (C=O) groups is 2. The average molecular weight is 1360 g/mol. The molecule has 4 aromatic carbocycles. The number of fused-ring (bicyclic) bond motifs is 14. The molecule has 2 aliphatic heterocycles. The normalized spacial score (nSPS) is 35.6. The Morgan fingerprint density at radius 3 is 2.45 bits per heavy atom. The standard InChI is InChI=1S/C81H91N3O8S4/c82-77(83)63-35-50-8-6-12-70-60(23-29-84-70)73(89)39-64-61(50)36-54(63)43-93-94-44-56-41-79(27-21-57(86)17-13-47-15-20-72(88)74(32-47)92-30-24-48-14-19-71(87)65(64)31-48)46-81(56,91)75-38-51-9-5-10-52-33-55-16-18-59-62(34-49-7-1-2-11-58(49)66(42-85)67(59)45-95-96-75)53(37-69(51)79)40-80(55,90)68-22-28-78(76(52)68)25-3-4-26-78/h1-2,7,11,14-15,19-21,23,27,29,31-32,35-36,38,52-53,55-56,59,62,64,66-69,75-77,84-85,87-88,90-91H,3-4,9,12-13,16-18,22,24-26,28,30,33-34,37,39-46,82-83H2/b27-21+/t52-,53+,55+,56+,59+,62+,64+,66+,67+,68+,69-,75-,76-,79-,80-,81+/m0/s1. The van der Waals surface area contributed by atoms with Gasteiger partial charge in [-0.05, 0) is 223 Å². The van der Waals surface area contributed by atoms with E-state index >= 15 is 0 Å². The number of nitrogens with one attached hydrogen (secondary N) is 1. The monoisotopic (exact) mass is 1360 g/mol. The number of ketones is 2. The number of Topliss-reactive ketones (excluding diaryl/α,β-unsaturated/α-hetero) is 1. The lowest BCUT2D eigenvalue weighted by molar-refractivity contribution is -0.162. The third-order valence-corrected chi connectivity index (χ3v) is 31.5. The number of aromatic nitrogens is 1. The molecular formula is C81H91N3O8S4. The van der Waals surface area contributed by atoms with Crippen molar-refractivity contribution in [1.29, 1.82) is 0 Å². The Labute approximate surface area is 581 Å². The Hall–Kier alpha value is -5.30. The highest BCUT2D eigenvalue weighted by atomic mass is 33.1. The van der Waals surface area contributed by atoms with Crippen LogP contribution in [0.15, 0.2) is 109 Å². The highest BCUT2D eigenvalue weighted by Gasteiger charge is 2.66. The van der Waals surface area contributed by atoms with E-state index in [1.165, 1.54) is 48.8 Å². The van der Waals surface area contributed by atoms with Crippen LogP contribution in [0.2, 0.25) is 0 Å². The van der Waals surface area contributed by atoms with Crippen LogP contribution < -0.4 is 16.2 Å². The van der Waals surface area contributed by atoms with Crippen LogP contribution >= 0.6 is 43.2 Å². The van der Waals surface area contributed by atoms with Gasteiger partial charge in [-0.3, -0.25) is 9.59 Å². The van der Waals surface area contributed by atoms with E-state index in [2.05, 4.69) is 71.1 Å². The fraction of sp³-hybridized carbons (Fsp3) is 0.531. The van der Waals surface area contributed by atoms with Crippen LogP contribution in [0.25, 0.3) is 0 Å². The first kappa shape index (κ1) is 65.3. The first-order chi connectivity index (χ1) is 46.6. The molecule has 0 radical (unpaired) electrons. The Morgan fingerprint density at radius 2 is 1.59 bits per heavy atom. The van der Waals surface area contributed by atoms with Gasteiger partial charge in [0.05, 0.1) is 42.3 Å². The number of aliphatic hydroxyl groups excluding tert-OH is 1. The van der Waals surface area contributed by atoms with E-state index in [1.54, 1.807) is 39.9 Å². The summed E-state index contributed by atoms with van der Waals surface area (Å²) < 4.78 is 6.36. The zero-order valence-electron chi connectivity index (χ0n) is 54.8. The minimum absolute atomic E-state index is 0.0000803. The summed E-state index contributed by atoms with van der Waals surface area (Å²) in [5.41, 5.74) is 21.6. The van der Waals surface area contributed by atoms with E-state index in [1.807, 2.05) is 64.1 Å². The van der Waals surface area contributed by atoms with E-state index in [4.69, 9.17) is 16.2 Å². The quantitative estimate of drug-likeness (QED) is 0.0358. The van der Waals surface area contributed by atoms with Crippen molar-refractivity contribution in [2.45, 2.75) is 169 Å². The fourth-order valence-electron chi connectivity index (χ4n) is 21.8. The van der Waals surface area contributed by atoms with Gasteiger partial charge in [0.25, 0.3) is 0 Å². The molecule has 15 heteroatoms. The first-order valence-corrected chi connectivity index (χ1v) is 40.7. The maximum absolute atomic E-state index is 14.9. The van der Waals surface area contributed by atoms with Crippen molar-refractivity contribution >= 4 is 54.7 Å². The molecule has 3 heterocycles. The minimum Gasteiger partial charge on any atom is -0.508 e. The Morgan fingerprint density at radius 1 is 0.750 bits per heavy atom. The summed E-state index contributed by atoms with van der Waals surface area (Å²) in [6.07, 6.45) is 23.4. The van der Waals surface area contributed by atoms with Gasteiger partial charge in [-0.15, -0.1) is 0 Å². The summed E-state index contributed by atoms with van der Waals surface area (Å²) in [5, 5.41) is 63.5. The largest absolute Gasteiger partial charge is 0.508 e. The van der Waals surface area contributed by atoms with Gasteiger partial charge in [0.15, 0.2) is 23.1 Å². The van der Waals surface area contributed by atoms with Gasteiger partial charge in [0, 0.05) is 89.3 Å². The van der Waals surface area contributed by atoms with Crippen LogP contribution in [0.5, 0.6) is 17.2 Å². The van der Waals surface area contributed by atoms with Crippen LogP contribution in [0.3, 0.4) is 0 Å². The number of rotatable bonds is 2. The molecule has 5 aromatic rings. The number of benzene rings is 4. The molecule has 502 valence electrons. The molecular weight excluding hydrogens is 1270 g/mol. The van der Waals surface area contributed by atoms with Gasteiger partial charge < -0.3 is 46.7 Å². The number of nitrogens with two attached hydrogens (primary N) is 2. The molecule has 0 amide bonds. The molecule has 5 saturated carbocycles. The molecule has 10 N–H and O–H groups in total. The van der Waals surface area contributed by atoms with Crippen molar-refractivity contribution in [3.05, 3.63) is 170 Å². The second kappa shape index (κ2) is 26.3. The van der Waals surface area contributed by atoms with Gasteiger partial charge in [0.2, 0.25) is 0 Å². The van der Waals surface area contributed by atoms with Gasteiger partial charge in [-0.1, -0.05) is 146 Å². The smallest absolute Gasteiger partial charge is 0.165 e. The number of phenolic OH excluding ortho intramolecular Hbond substituents is 2. The van der Waals surface area contributed by atoms with Crippen molar-refractivity contribution < 1.29 is 39.9 Å². The molecule has 0 saturated heterocycles. The summed E-state index contributed by atoms with van der Waals surface area (Å²) in [4.78, 5) is 32.8.